The van der Waals surface area contributed by atoms with Crippen LogP contribution in [0.2, 0.25) is 0 Å². The second kappa shape index (κ2) is 11.7. The molecule has 1 unspecified atom stereocenters. The number of fused-ring (bicyclic) bond motifs is 2. The molecule has 0 aliphatic carbocycles. The van der Waals surface area contributed by atoms with E-state index >= 15 is 4.39 Å². The van der Waals surface area contributed by atoms with Crippen LogP contribution in [-0.4, -0.2) is 74.6 Å². The van der Waals surface area contributed by atoms with E-state index in [1.807, 2.05) is 63.1 Å². The molecule has 5 heterocycles. The van der Waals surface area contributed by atoms with E-state index in [4.69, 9.17) is 6.42 Å². The molecule has 45 heavy (non-hydrogen) atoms. The van der Waals surface area contributed by atoms with Crippen LogP contribution in [0.15, 0.2) is 65.5 Å². The Morgan fingerprint density at radius 3 is 2.58 bits per heavy atom. The molecule has 6 rings (SSSR count). The number of alkyl halides is 1. The maximum absolute atomic E-state index is 16.1. The summed E-state index contributed by atoms with van der Waals surface area (Å²) in [5, 5.41) is 10.1. The van der Waals surface area contributed by atoms with Crippen LogP contribution < -0.4 is 0 Å². The van der Waals surface area contributed by atoms with E-state index in [2.05, 4.69) is 10.9 Å². The van der Waals surface area contributed by atoms with Crippen LogP contribution in [0.1, 0.15) is 61.5 Å². The monoisotopic (exact) mass is 613 g/mol. The number of carboxylic acid groups (broad SMARTS) is 1. The number of hydrogen-bond acceptors (Lipinski definition) is 5. The van der Waals surface area contributed by atoms with E-state index in [1.54, 1.807) is 11.1 Å². The van der Waals surface area contributed by atoms with Gasteiger partial charge in [0.25, 0.3) is 0 Å². The Labute approximate surface area is 263 Å². The summed E-state index contributed by atoms with van der Waals surface area (Å²) in [7, 11) is 0. The molecule has 9 heteroatoms. The summed E-state index contributed by atoms with van der Waals surface area (Å²) in [6.45, 7) is 9.63. The topological polar surface area (TPSA) is 73.7 Å². The Morgan fingerprint density at radius 2 is 1.96 bits per heavy atom. The van der Waals surface area contributed by atoms with Crippen molar-refractivity contribution >= 4 is 11.9 Å². The fourth-order valence-electron chi connectivity index (χ4n) is 7.36. The lowest BCUT2D eigenvalue weighted by Crippen LogP contribution is -2.54. The minimum atomic E-state index is -1.06. The summed E-state index contributed by atoms with van der Waals surface area (Å²) in [6.07, 6.45) is 10.7. The van der Waals surface area contributed by atoms with Crippen molar-refractivity contribution in [1.29, 1.82) is 0 Å². The molecule has 1 amide bonds. The number of allylic oxidation sites excluding steroid dienone is 2. The van der Waals surface area contributed by atoms with Crippen LogP contribution in [0.25, 0.3) is 11.1 Å². The van der Waals surface area contributed by atoms with Gasteiger partial charge in [-0.25, -0.2) is 23.0 Å². The second-order valence-electron chi connectivity index (χ2n) is 13.2. The van der Waals surface area contributed by atoms with Crippen LogP contribution >= 0.6 is 0 Å². The second-order valence-corrected chi connectivity index (χ2v) is 13.2. The quantitative estimate of drug-likeness (QED) is 0.203. The predicted octanol–water partition coefficient (Wildman–Crippen LogP) is 5.96. The molecule has 4 aliphatic heterocycles. The van der Waals surface area contributed by atoms with Crippen molar-refractivity contribution in [1.82, 2.24) is 14.8 Å². The maximum atomic E-state index is 16.1. The number of benzene rings is 1. The van der Waals surface area contributed by atoms with Crippen LogP contribution in [-0.2, 0) is 9.59 Å². The molecule has 0 saturated carbocycles. The van der Waals surface area contributed by atoms with Crippen LogP contribution in [0, 0.1) is 32.1 Å². The molecule has 4 aliphatic rings. The Kier molecular flexibility index (Phi) is 8.00. The number of carbonyl (C=O) groups excluding carboxylic acids is 1. The lowest BCUT2D eigenvalue weighted by atomic mass is 9.91. The molecule has 2 fully saturated rings. The Bertz CT molecular complexity index is 1690. The third kappa shape index (κ3) is 5.40. The zero-order chi connectivity index (χ0) is 32.2. The van der Waals surface area contributed by atoms with E-state index in [-0.39, 0.29) is 29.3 Å². The average Bonchev–Trinajstić information content (AvgIpc) is 3.71. The maximum Gasteiger partial charge on any atom is 0.342 e. The summed E-state index contributed by atoms with van der Waals surface area (Å²) < 4.78 is 29.2. The third-order valence-electron chi connectivity index (χ3n) is 9.57. The Balaban J connectivity index is 1.44. The third-order valence-corrected chi connectivity index (χ3v) is 9.57. The van der Waals surface area contributed by atoms with Crippen molar-refractivity contribution in [3.05, 3.63) is 87.9 Å². The molecule has 1 aromatic carbocycles. The SMILES string of the molecule is C#Cc1ncc([C@H](CC(=O)O)[N+]23CC2=C2C(F)=CC(CCN4CC(F)C4)=CN2[C@H](CC(C)C)C3=O)cc1-c1c(C)cccc1C. The van der Waals surface area contributed by atoms with E-state index in [0.29, 0.717) is 60.7 Å². The first-order valence-electron chi connectivity index (χ1n) is 15.6. The Morgan fingerprint density at radius 1 is 1.24 bits per heavy atom. The van der Waals surface area contributed by atoms with Gasteiger partial charge in [-0.05, 0) is 72.9 Å². The van der Waals surface area contributed by atoms with Gasteiger partial charge >= 0.3 is 11.9 Å². The van der Waals surface area contributed by atoms with Gasteiger partial charge in [0.05, 0.1) is 0 Å². The lowest BCUT2D eigenvalue weighted by Gasteiger charge is -2.40. The number of likely N-dealkylation sites (tertiary alicyclic amines) is 1. The van der Waals surface area contributed by atoms with Gasteiger partial charge in [-0.15, -0.1) is 6.42 Å². The number of aromatic nitrogens is 1. The summed E-state index contributed by atoms with van der Waals surface area (Å²) in [6, 6.07) is 6.32. The first-order valence-corrected chi connectivity index (χ1v) is 15.6. The van der Waals surface area contributed by atoms with Gasteiger partial charge in [-0.1, -0.05) is 32.0 Å². The minimum absolute atomic E-state index is 0.125. The number of quaternary nitrogens is 1. The number of hydrogen-bond donors (Lipinski definition) is 1. The number of nitrogens with zero attached hydrogens (tertiary/aromatic N) is 4. The number of pyridine rings is 1. The number of rotatable bonds is 10. The zero-order valence-electron chi connectivity index (χ0n) is 26.2. The van der Waals surface area contributed by atoms with Gasteiger partial charge < -0.3 is 10.0 Å². The minimum Gasteiger partial charge on any atom is -0.481 e. The van der Waals surface area contributed by atoms with Crippen LogP contribution in [0.3, 0.4) is 0 Å². The smallest absolute Gasteiger partial charge is 0.342 e. The van der Waals surface area contributed by atoms with E-state index in [1.165, 1.54) is 6.08 Å². The number of carbonyl (C=O) groups is 2. The van der Waals surface area contributed by atoms with E-state index in [0.717, 1.165) is 22.3 Å². The molecular weight excluding hydrogens is 574 g/mol. The van der Waals surface area contributed by atoms with Crippen molar-refractivity contribution < 1.29 is 28.0 Å². The van der Waals surface area contributed by atoms with E-state index in [9.17, 15) is 19.1 Å². The highest BCUT2D eigenvalue weighted by Crippen LogP contribution is 2.56. The van der Waals surface area contributed by atoms with Crippen LogP contribution in [0.4, 0.5) is 8.78 Å². The highest BCUT2D eigenvalue weighted by Gasteiger charge is 2.70. The first-order chi connectivity index (χ1) is 21.4. The van der Waals surface area contributed by atoms with Crippen LogP contribution in [0.5, 0.6) is 0 Å². The molecule has 1 aromatic heterocycles. The average molecular weight is 614 g/mol. The van der Waals surface area contributed by atoms with Crippen molar-refractivity contribution in [2.75, 3.05) is 26.2 Å². The molecule has 0 spiro atoms. The van der Waals surface area contributed by atoms with Crippen molar-refractivity contribution in [3.8, 4) is 23.5 Å². The van der Waals surface area contributed by atoms with Crippen molar-refractivity contribution in [3.63, 3.8) is 0 Å². The molecule has 0 radical (unpaired) electrons. The predicted molar refractivity (Wildman–Crippen MR) is 168 cm³/mol. The summed E-state index contributed by atoms with van der Waals surface area (Å²) in [5.41, 5.74) is 6.32. The first kappa shape index (κ1) is 30.9. The molecular formula is C36H39F2N4O3+. The highest BCUT2D eigenvalue weighted by atomic mass is 19.1. The fourth-order valence-corrected chi connectivity index (χ4v) is 7.36. The van der Waals surface area contributed by atoms with Gasteiger partial charge in [-0.2, -0.15) is 0 Å². The zero-order valence-corrected chi connectivity index (χ0v) is 26.2. The molecule has 2 aromatic rings. The molecule has 3 atom stereocenters. The highest BCUT2D eigenvalue weighted by molar-refractivity contribution is 5.83. The number of terminal acetylenes is 1. The van der Waals surface area contributed by atoms with Gasteiger partial charge in [0, 0.05) is 43.2 Å². The Hall–Kier alpha value is -4.13. The molecule has 1 N–H and O–H groups in total. The van der Waals surface area contributed by atoms with Gasteiger partial charge in [0.1, 0.15) is 36.1 Å². The molecule has 234 valence electrons. The van der Waals surface area contributed by atoms with E-state index < -0.39 is 30.1 Å². The number of amides is 1. The number of aliphatic carboxylic acids is 1. The van der Waals surface area contributed by atoms with Crippen molar-refractivity contribution in [2.24, 2.45) is 5.92 Å². The largest absolute Gasteiger partial charge is 0.481 e. The number of carboxylic acids is 1. The fraction of sp³-hybridized carbons (Fsp3) is 0.417. The summed E-state index contributed by atoms with van der Waals surface area (Å²) >= 11 is 0. The summed E-state index contributed by atoms with van der Waals surface area (Å²) in [4.78, 5) is 35.4. The van der Waals surface area contributed by atoms with Gasteiger partial charge in [0.2, 0.25) is 5.70 Å². The van der Waals surface area contributed by atoms with Crippen molar-refractivity contribution in [2.45, 2.75) is 65.2 Å². The number of halogens is 2. The number of aryl methyl sites for hydroxylation is 2. The molecule has 0 bridgehead atoms. The lowest BCUT2D eigenvalue weighted by molar-refractivity contribution is -0.740. The normalized spacial score (nSPS) is 23.6. The standard InChI is InChI=1S/C36H38F2N4O3/c1-6-29-27(34-22(4)8-7-9-23(34)5)14-25(16-39-29)31(15-33(43)44)42-20-32(42)35-28(38)13-24(10-11-40-18-26(37)19-40)17-41(35)30(36(42)45)12-21(2)3/h1,7-9,13-14,16-17,21,26,30-31H,10-12,15,18-20H2,2-5H3/p+1/t30-,31+,42?/m1/s1. The molecule has 7 nitrogen and oxygen atoms in total. The van der Waals surface area contributed by atoms with Gasteiger partial charge in [0.15, 0.2) is 12.4 Å². The molecule has 2 saturated heterocycles. The summed E-state index contributed by atoms with van der Waals surface area (Å²) in [5.74, 6) is 1.16. The van der Waals surface area contributed by atoms with Gasteiger partial charge in [-0.3, -0.25) is 9.69 Å².